The van der Waals surface area contributed by atoms with Crippen LogP contribution >= 0.6 is 0 Å². The van der Waals surface area contributed by atoms with Crippen LogP contribution in [0.15, 0.2) is 48.5 Å². The van der Waals surface area contributed by atoms with Gasteiger partial charge in [-0.3, -0.25) is 10.1 Å². The number of ketones is 1. The highest BCUT2D eigenvalue weighted by Crippen LogP contribution is 2.21. The van der Waals surface area contributed by atoms with E-state index in [1.54, 1.807) is 13.2 Å². The third-order valence-electron chi connectivity index (χ3n) is 4.29. The number of carbonyl (C=O) groups is 1. The first-order valence-corrected chi connectivity index (χ1v) is 7.70. The van der Waals surface area contributed by atoms with Crippen molar-refractivity contribution in [1.82, 2.24) is 4.57 Å². The number of methoxy groups -OCH3 is 1. The number of hydrogen-bond acceptors (Lipinski definition) is 3. The molecule has 5 heteroatoms. The van der Waals surface area contributed by atoms with Gasteiger partial charge in [0.2, 0.25) is 0 Å². The van der Waals surface area contributed by atoms with Crippen LogP contribution < -0.4 is 14.6 Å². The lowest BCUT2D eigenvalue weighted by molar-refractivity contribution is -0.644. The molecular weight excluding hydrogens is 290 g/mol. The van der Waals surface area contributed by atoms with Crippen LogP contribution in [0.3, 0.4) is 0 Å². The fraction of sp³-hybridized carbons (Fsp3) is 0.222. The molecule has 3 aromatic rings. The number of hydrogen-bond donors (Lipinski definition) is 1. The summed E-state index contributed by atoms with van der Waals surface area (Å²) in [6, 6.07) is 15.5. The lowest BCUT2D eigenvalue weighted by Crippen LogP contribution is -2.29. The standard InChI is InChI=1S/C18H17N3O2/c1-23-14-6-4-5-13(11-14)17(22)12-21-16-8-3-2-7-15(16)20-10-9-19-18(20)21/h2-8,11H,9-10,12H2,1H3/p+1. The van der Waals surface area contributed by atoms with Gasteiger partial charge in [0.05, 0.1) is 13.7 Å². The summed E-state index contributed by atoms with van der Waals surface area (Å²) in [4.78, 5) is 12.7. The molecule has 0 aliphatic carbocycles. The fourth-order valence-electron chi connectivity index (χ4n) is 3.18. The number of nitrogens with zero attached hydrogens (tertiary/aromatic N) is 2. The maximum absolute atomic E-state index is 12.7. The molecular formula is C18H18N3O2+. The molecule has 0 fully saturated rings. The molecule has 0 amide bonds. The first-order chi connectivity index (χ1) is 11.3. The van der Waals surface area contributed by atoms with Gasteiger partial charge in [0.1, 0.15) is 29.9 Å². The zero-order valence-corrected chi connectivity index (χ0v) is 13.0. The van der Waals surface area contributed by atoms with Crippen molar-refractivity contribution >= 4 is 22.8 Å². The molecule has 1 aromatic heterocycles. The third-order valence-corrected chi connectivity index (χ3v) is 4.29. The van der Waals surface area contributed by atoms with Gasteiger partial charge < -0.3 is 4.74 Å². The van der Waals surface area contributed by atoms with Gasteiger partial charge in [-0.1, -0.05) is 24.3 Å². The van der Waals surface area contributed by atoms with E-state index < -0.39 is 0 Å². The highest BCUT2D eigenvalue weighted by Gasteiger charge is 2.29. The molecule has 0 unspecified atom stereocenters. The largest absolute Gasteiger partial charge is 0.497 e. The zero-order valence-electron chi connectivity index (χ0n) is 13.0. The maximum atomic E-state index is 12.7. The average molecular weight is 308 g/mol. The Hall–Kier alpha value is -2.82. The quantitative estimate of drug-likeness (QED) is 0.594. The number of para-hydroxylation sites is 2. The number of fused-ring (bicyclic) bond motifs is 3. The molecule has 0 atom stereocenters. The molecule has 0 bridgehead atoms. The van der Waals surface area contributed by atoms with E-state index in [-0.39, 0.29) is 5.78 Å². The molecule has 23 heavy (non-hydrogen) atoms. The minimum absolute atomic E-state index is 0.0711. The van der Waals surface area contributed by atoms with Crippen molar-refractivity contribution in [3.05, 3.63) is 54.1 Å². The number of ether oxygens (including phenoxy) is 1. The van der Waals surface area contributed by atoms with Gasteiger partial charge in [-0.2, -0.15) is 0 Å². The summed E-state index contributed by atoms with van der Waals surface area (Å²) in [7, 11) is 1.61. The minimum Gasteiger partial charge on any atom is -0.497 e. The van der Waals surface area contributed by atoms with Crippen LogP contribution in [-0.2, 0) is 13.1 Å². The van der Waals surface area contributed by atoms with Crippen LogP contribution in [0.25, 0.3) is 11.0 Å². The van der Waals surface area contributed by atoms with Gasteiger partial charge in [-0.15, -0.1) is 0 Å². The van der Waals surface area contributed by atoms with Crippen LogP contribution in [-0.4, -0.2) is 24.0 Å². The number of rotatable bonds is 4. The Morgan fingerprint density at radius 2 is 2.13 bits per heavy atom. The second-order valence-electron chi connectivity index (χ2n) is 5.63. The average Bonchev–Trinajstić information content (AvgIpc) is 3.18. The number of Topliss-reactive ketones (excluding diaryl/α,β-unsaturated/α-hetero) is 1. The molecule has 1 N–H and O–H groups in total. The van der Waals surface area contributed by atoms with Gasteiger partial charge in [0, 0.05) is 5.56 Å². The second kappa shape index (κ2) is 5.43. The Kier molecular flexibility index (Phi) is 3.26. The number of nitrogens with one attached hydrogen (secondary N) is 1. The maximum Gasteiger partial charge on any atom is 0.359 e. The predicted molar refractivity (Wildman–Crippen MR) is 87.9 cm³/mol. The molecule has 116 valence electrons. The van der Waals surface area contributed by atoms with Crippen LogP contribution in [0.2, 0.25) is 0 Å². The molecule has 5 nitrogen and oxygen atoms in total. The summed E-state index contributed by atoms with van der Waals surface area (Å²) in [5.74, 6) is 1.77. The monoisotopic (exact) mass is 308 g/mol. The van der Waals surface area contributed by atoms with Gasteiger partial charge >= 0.3 is 5.95 Å². The lowest BCUT2D eigenvalue weighted by Gasteiger charge is -2.04. The van der Waals surface area contributed by atoms with Crippen molar-refractivity contribution < 1.29 is 14.1 Å². The first-order valence-electron chi connectivity index (χ1n) is 7.70. The van der Waals surface area contributed by atoms with E-state index in [9.17, 15) is 4.79 Å². The van der Waals surface area contributed by atoms with Crippen molar-refractivity contribution in [2.24, 2.45) is 0 Å². The predicted octanol–water partition coefficient (Wildman–Crippen LogP) is 2.25. The Labute approximate surface area is 134 Å². The summed E-state index contributed by atoms with van der Waals surface area (Å²) < 4.78 is 9.50. The Bertz CT molecular complexity index is 898. The molecule has 0 saturated carbocycles. The molecule has 0 saturated heterocycles. The van der Waals surface area contributed by atoms with Crippen molar-refractivity contribution in [3.8, 4) is 5.75 Å². The lowest BCUT2D eigenvalue weighted by atomic mass is 10.1. The molecule has 2 heterocycles. The van der Waals surface area contributed by atoms with Gasteiger partial charge in [-0.25, -0.2) is 9.13 Å². The first kappa shape index (κ1) is 13.8. The van der Waals surface area contributed by atoms with E-state index in [0.717, 1.165) is 30.1 Å². The van der Waals surface area contributed by atoms with E-state index in [4.69, 9.17) is 4.74 Å². The Morgan fingerprint density at radius 1 is 1.26 bits per heavy atom. The number of anilines is 1. The van der Waals surface area contributed by atoms with Gasteiger partial charge in [0.25, 0.3) is 0 Å². The van der Waals surface area contributed by atoms with Crippen LogP contribution in [0.5, 0.6) is 5.75 Å². The molecule has 0 radical (unpaired) electrons. The fourth-order valence-corrected chi connectivity index (χ4v) is 3.18. The number of carbonyl (C=O) groups excluding carboxylic acids is 1. The van der Waals surface area contributed by atoms with E-state index in [1.165, 1.54) is 0 Å². The van der Waals surface area contributed by atoms with Crippen molar-refractivity contribution in [2.75, 3.05) is 19.0 Å². The van der Waals surface area contributed by atoms with Crippen molar-refractivity contribution in [3.63, 3.8) is 0 Å². The summed E-state index contributed by atoms with van der Waals surface area (Å²) >= 11 is 0. The van der Waals surface area contributed by atoms with E-state index in [2.05, 4.69) is 26.6 Å². The highest BCUT2D eigenvalue weighted by atomic mass is 16.5. The van der Waals surface area contributed by atoms with E-state index in [1.807, 2.05) is 30.3 Å². The highest BCUT2D eigenvalue weighted by molar-refractivity contribution is 5.97. The zero-order chi connectivity index (χ0) is 15.8. The normalized spacial score (nSPS) is 12.9. The van der Waals surface area contributed by atoms with Gasteiger partial charge in [-0.05, 0) is 24.3 Å². The van der Waals surface area contributed by atoms with E-state index >= 15 is 0 Å². The molecule has 1 aliphatic rings. The summed E-state index contributed by atoms with van der Waals surface area (Å²) in [6.07, 6.45) is 0. The summed E-state index contributed by atoms with van der Waals surface area (Å²) in [6.45, 7) is 2.13. The second-order valence-corrected chi connectivity index (χ2v) is 5.63. The summed E-state index contributed by atoms with van der Waals surface area (Å²) in [5.41, 5.74) is 2.90. The van der Waals surface area contributed by atoms with Crippen molar-refractivity contribution in [2.45, 2.75) is 13.1 Å². The minimum atomic E-state index is 0.0711. The molecule has 0 spiro atoms. The summed E-state index contributed by atoms with van der Waals surface area (Å²) in [5, 5.41) is 3.39. The molecule has 4 rings (SSSR count). The molecule has 1 aliphatic heterocycles. The van der Waals surface area contributed by atoms with Gasteiger partial charge in [0.15, 0.2) is 5.78 Å². The number of aromatic nitrogens is 2. The Balaban J connectivity index is 1.74. The topological polar surface area (TPSA) is 47.1 Å². The van der Waals surface area contributed by atoms with Crippen molar-refractivity contribution in [1.29, 1.82) is 0 Å². The third kappa shape index (κ3) is 2.25. The smallest absolute Gasteiger partial charge is 0.359 e. The van der Waals surface area contributed by atoms with E-state index in [0.29, 0.717) is 17.9 Å². The Morgan fingerprint density at radius 3 is 3.00 bits per heavy atom. The molecule has 2 aromatic carbocycles. The van der Waals surface area contributed by atoms with Crippen LogP contribution in [0.4, 0.5) is 5.95 Å². The SMILES string of the molecule is COc1cccc(C(=O)Cn2c3[n+](c4ccccc42)CCN3)c1. The van der Waals surface area contributed by atoms with Crippen LogP contribution in [0, 0.1) is 0 Å². The number of benzene rings is 2. The number of imidazole rings is 1. The van der Waals surface area contributed by atoms with Crippen LogP contribution in [0.1, 0.15) is 10.4 Å².